The predicted octanol–water partition coefficient (Wildman–Crippen LogP) is -1.26. The number of hydrogen-bond acceptors (Lipinski definition) is 5. The van der Waals surface area contributed by atoms with Crippen LogP contribution in [-0.4, -0.2) is 70.6 Å². The van der Waals surface area contributed by atoms with Crippen molar-refractivity contribution >= 4 is 11.9 Å². The molecular formula is C10H16N2O5. The van der Waals surface area contributed by atoms with E-state index in [2.05, 4.69) is 0 Å². The molecule has 0 radical (unpaired) electrons. The second-order valence-electron chi connectivity index (χ2n) is 4.29. The van der Waals surface area contributed by atoms with Crippen molar-refractivity contribution in [2.24, 2.45) is 0 Å². The van der Waals surface area contributed by atoms with Gasteiger partial charge < -0.3 is 14.9 Å². The first-order chi connectivity index (χ1) is 8.04. The standard InChI is InChI=1S/C10H16N2O5/c1-11-8(15)2-3-12(10(11)16)9-4-6(14)7(5-13)17-9/h6-7,9,13-14H,2-5H2,1H3/t6-,7+,9+/m0/s1. The first-order valence-electron chi connectivity index (χ1n) is 5.56. The third kappa shape index (κ3) is 2.13. The number of nitrogens with zero attached hydrogens (tertiary/aromatic N) is 2. The van der Waals surface area contributed by atoms with Crippen molar-refractivity contribution < 1.29 is 24.5 Å². The number of aliphatic hydroxyl groups is 2. The Balaban J connectivity index is 2.04. The van der Waals surface area contributed by atoms with Gasteiger partial charge in [0.25, 0.3) is 0 Å². The molecule has 17 heavy (non-hydrogen) atoms. The molecule has 2 rings (SSSR count). The van der Waals surface area contributed by atoms with E-state index in [0.29, 0.717) is 0 Å². The van der Waals surface area contributed by atoms with Crippen LogP contribution in [0.4, 0.5) is 4.79 Å². The molecule has 0 bridgehead atoms. The molecule has 0 aromatic rings. The van der Waals surface area contributed by atoms with E-state index in [9.17, 15) is 14.7 Å². The van der Waals surface area contributed by atoms with E-state index in [1.807, 2.05) is 0 Å². The van der Waals surface area contributed by atoms with Crippen molar-refractivity contribution in [1.29, 1.82) is 0 Å². The van der Waals surface area contributed by atoms with E-state index in [1.165, 1.54) is 11.9 Å². The molecule has 2 fully saturated rings. The average Bonchev–Trinajstić information content (AvgIpc) is 2.67. The van der Waals surface area contributed by atoms with Gasteiger partial charge in [-0.15, -0.1) is 0 Å². The molecule has 0 aromatic carbocycles. The van der Waals surface area contributed by atoms with Crippen molar-refractivity contribution in [3.63, 3.8) is 0 Å². The van der Waals surface area contributed by atoms with Crippen molar-refractivity contribution in [3.8, 4) is 0 Å². The zero-order valence-electron chi connectivity index (χ0n) is 9.57. The molecule has 0 saturated carbocycles. The maximum Gasteiger partial charge on any atom is 0.328 e. The number of ether oxygens (including phenoxy) is 1. The van der Waals surface area contributed by atoms with Gasteiger partial charge in [-0.3, -0.25) is 14.6 Å². The topological polar surface area (TPSA) is 90.3 Å². The van der Waals surface area contributed by atoms with Crippen LogP contribution < -0.4 is 0 Å². The molecule has 3 atom stereocenters. The summed E-state index contributed by atoms with van der Waals surface area (Å²) in [5, 5.41) is 18.6. The van der Waals surface area contributed by atoms with Crippen LogP contribution in [0, 0.1) is 0 Å². The van der Waals surface area contributed by atoms with Crippen LogP contribution in [0.3, 0.4) is 0 Å². The highest BCUT2D eigenvalue weighted by atomic mass is 16.5. The minimum absolute atomic E-state index is 0.219. The quantitative estimate of drug-likeness (QED) is 0.632. The molecule has 2 N–H and O–H groups in total. The van der Waals surface area contributed by atoms with E-state index >= 15 is 0 Å². The number of urea groups is 1. The van der Waals surface area contributed by atoms with Crippen LogP contribution in [-0.2, 0) is 9.53 Å². The van der Waals surface area contributed by atoms with Gasteiger partial charge in [0.15, 0.2) is 0 Å². The van der Waals surface area contributed by atoms with Gasteiger partial charge in [0.2, 0.25) is 5.91 Å². The zero-order valence-corrected chi connectivity index (χ0v) is 9.57. The van der Waals surface area contributed by atoms with E-state index in [4.69, 9.17) is 9.84 Å². The van der Waals surface area contributed by atoms with Gasteiger partial charge in [0.05, 0.1) is 12.7 Å². The molecule has 96 valence electrons. The lowest BCUT2D eigenvalue weighted by molar-refractivity contribution is -0.133. The van der Waals surface area contributed by atoms with E-state index in [0.717, 1.165) is 4.90 Å². The Morgan fingerprint density at radius 3 is 2.76 bits per heavy atom. The van der Waals surface area contributed by atoms with Crippen molar-refractivity contribution in [1.82, 2.24) is 9.80 Å². The number of imide groups is 1. The zero-order chi connectivity index (χ0) is 12.6. The summed E-state index contributed by atoms with van der Waals surface area (Å²) in [6.45, 7) is 0.00596. The Morgan fingerprint density at radius 2 is 2.18 bits per heavy atom. The Hall–Kier alpha value is -1.18. The SMILES string of the molecule is CN1C(=O)CCN([C@H]2C[C@H](O)[C@@H](CO)O2)C1=O. The predicted molar refractivity (Wildman–Crippen MR) is 55.9 cm³/mol. The fourth-order valence-electron chi connectivity index (χ4n) is 2.12. The first kappa shape index (κ1) is 12.3. The number of rotatable bonds is 2. The molecule has 2 aliphatic rings. The minimum atomic E-state index is -0.777. The van der Waals surface area contributed by atoms with Crippen molar-refractivity contribution in [2.75, 3.05) is 20.2 Å². The number of carbonyl (C=O) groups is 2. The molecule has 0 spiro atoms. The summed E-state index contributed by atoms with van der Waals surface area (Å²) in [5.41, 5.74) is 0. The van der Waals surface area contributed by atoms with Crippen LogP contribution >= 0.6 is 0 Å². The Morgan fingerprint density at radius 1 is 1.47 bits per heavy atom. The smallest absolute Gasteiger partial charge is 0.328 e. The molecule has 0 aliphatic carbocycles. The number of hydrogen-bond donors (Lipinski definition) is 2. The van der Waals surface area contributed by atoms with Gasteiger partial charge in [-0.1, -0.05) is 0 Å². The highest BCUT2D eigenvalue weighted by molar-refractivity contribution is 5.96. The van der Waals surface area contributed by atoms with Crippen LogP contribution in [0.5, 0.6) is 0 Å². The highest BCUT2D eigenvalue weighted by Gasteiger charge is 2.41. The second-order valence-corrected chi connectivity index (χ2v) is 4.29. The molecule has 3 amide bonds. The average molecular weight is 244 g/mol. The fourth-order valence-corrected chi connectivity index (χ4v) is 2.12. The fraction of sp³-hybridized carbons (Fsp3) is 0.800. The van der Waals surface area contributed by atoms with Crippen LogP contribution in [0.2, 0.25) is 0 Å². The summed E-state index contributed by atoms with van der Waals surface area (Å²) in [5.74, 6) is -0.219. The van der Waals surface area contributed by atoms with Crippen LogP contribution in [0.15, 0.2) is 0 Å². The molecule has 0 unspecified atom stereocenters. The third-order valence-electron chi connectivity index (χ3n) is 3.21. The van der Waals surface area contributed by atoms with Crippen molar-refractivity contribution in [3.05, 3.63) is 0 Å². The Bertz CT molecular complexity index is 335. The molecular weight excluding hydrogens is 228 g/mol. The highest BCUT2D eigenvalue weighted by Crippen LogP contribution is 2.25. The molecule has 0 aromatic heterocycles. The summed E-state index contributed by atoms with van der Waals surface area (Å²) in [4.78, 5) is 25.6. The van der Waals surface area contributed by atoms with E-state index in [1.54, 1.807) is 0 Å². The minimum Gasteiger partial charge on any atom is -0.394 e. The summed E-state index contributed by atoms with van der Waals surface area (Å²) >= 11 is 0. The lowest BCUT2D eigenvalue weighted by Crippen LogP contribution is -2.54. The molecule has 2 saturated heterocycles. The largest absolute Gasteiger partial charge is 0.394 e. The first-order valence-corrected chi connectivity index (χ1v) is 5.56. The summed E-state index contributed by atoms with van der Waals surface area (Å²) < 4.78 is 5.38. The van der Waals surface area contributed by atoms with Gasteiger partial charge in [-0.25, -0.2) is 4.79 Å². The van der Waals surface area contributed by atoms with Gasteiger partial charge in [-0.2, -0.15) is 0 Å². The summed E-state index contributed by atoms with van der Waals surface area (Å²) in [6.07, 6.45) is -1.48. The normalized spacial score (nSPS) is 34.6. The van der Waals surface area contributed by atoms with Gasteiger partial charge in [-0.05, 0) is 0 Å². The van der Waals surface area contributed by atoms with Gasteiger partial charge in [0, 0.05) is 26.4 Å². The van der Waals surface area contributed by atoms with Gasteiger partial charge >= 0.3 is 6.03 Å². The third-order valence-corrected chi connectivity index (χ3v) is 3.21. The maximum atomic E-state index is 11.8. The molecule has 2 aliphatic heterocycles. The monoisotopic (exact) mass is 244 g/mol. The lowest BCUT2D eigenvalue weighted by atomic mass is 10.1. The molecule has 7 nitrogen and oxygen atoms in total. The van der Waals surface area contributed by atoms with Crippen molar-refractivity contribution in [2.45, 2.75) is 31.3 Å². The number of aliphatic hydroxyl groups excluding tert-OH is 2. The summed E-state index contributed by atoms with van der Waals surface area (Å²) in [6, 6.07) is -0.419. The van der Waals surface area contributed by atoms with E-state index < -0.39 is 24.5 Å². The summed E-state index contributed by atoms with van der Waals surface area (Å²) in [7, 11) is 1.42. The Kier molecular flexibility index (Phi) is 3.32. The van der Waals surface area contributed by atoms with Crippen LogP contribution in [0.25, 0.3) is 0 Å². The van der Waals surface area contributed by atoms with Crippen LogP contribution in [0.1, 0.15) is 12.8 Å². The Labute approximate surface area is 98.6 Å². The molecule has 2 heterocycles. The molecule has 7 heteroatoms. The second kappa shape index (κ2) is 4.59. The van der Waals surface area contributed by atoms with E-state index in [-0.39, 0.29) is 31.9 Å². The number of amides is 3. The maximum absolute atomic E-state index is 11.8. The van der Waals surface area contributed by atoms with Gasteiger partial charge in [0.1, 0.15) is 12.3 Å². The lowest BCUT2D eigenvalue weighted by Gasteiger charge is -2.35. The number of carbonyl (C=O) groups excluding carboxylic acids is 2.